The van der Waals surface area contributed by atoms with Crippen LogP contribution in [0, 0.1) is 5.92 Å². The van der Waals surface area contributed by atoms with Crippen LogP contribution in [0.2, 0.25) is 0 Å². The average molecular weight is 297 g/mol. The van der Waals surface area contributed by atoms with E-state index in [9.17, 15) is 0 Å². The van der Waals surface area contributed by atoms with Crippen LogP contribution in [-0.2, 0) is 0 Å². The fraction of sp³-hybridized carbons (Fsp3) is 0.429. The van der Waals surface area contributed by atoms with Crippen molar-refractivity contribution < 1.29 is 0 Å². The molecule has 0 saturated carbocycles. The van der Waals surface area contributed by atoms with E-state index in [4.69, 9.17) is 0 Å². The Balaban J connectivity index is -0.000000237. The summed E-state index contributed by atoms with van der Waals surface area (Å²) < 4.78 is 0. The summed E-state index contributed by atoms with van der Waals surface area (Å²) in [6.07, 6.45) is 5.52. The van der Waals surface area contributed by atoms with Crippen LogP contribution in [-0.4, -0.2) is 8.41 Å². The molecule has 0 nitrogen and oxygen atoms in total. The van der Waals surface area contributed by atoms with Gasteiger partial charge in [0.1, 0.15) is 0 Å². The molecule has 0 aromatic heterocycles. The van der Waals surface area contributed by atoms with E-state index in [-0.39, 0.29) is 15.8 Å². The maximum Gasteiger partial charge on any atom is 0 e. The van der Waals surface area contributed by atoms with Gasteiger partial charge in [0.15, 0.2) is 0 Å². The molecule has 2 aromatic rings. The average Bonchev–Trinajstić information content (AvgIpc) is 2.52. The van der Waals surface area contributed by atoms with Crippen LogP contribution in [0.25, 0.3) is 0 Å². The quantitative estimate of drug-likeness (QED) is 0.541. The third kappa shape index (κ3) is 20.8. The zero-order valence-electron chi connectivity index (χ0n) is 13.9. The number of rotatable bonds is 4. The smallest absolute Gasteiger partial charge is 0 e. The van der Waals surface area contributed by atoms with Gasteiger partial charge in [0.25, 0.3) is 0 Å². The molecule has 0 bridgehead atoms. The topological polar surface area (TPSA) is 0 Å². The Morgan fingerprint density at radius 1 is 0.545 bits per heavy atom. The SMILES string of the molecule is C.CCCC(C)CCC.[B].c1ccccc1.c1ccccc1. The largest absolute Gasteiger partial charge is 0.0776 e. The molecule has 3 radical (unpaired) electrons. The Labute approximate surface area is 141 Å². The highest BCUT2D eigenvalue weighted by Gasteiger charge is 1.95. The maximum atomic E-state index is 2.34. The summed E-state index contributed by atoms with van der Waals surface area (Å²) in [4.78, 5) is 0. The molecule has 0 aliphatic carbocycles. The van der Waals surface area contributed by atoms with E-state index in [0.717, 1.165) is 5.92 Å². The lowest BCUT2D eigenvalue weighted by atomic mass is 10.0. The molecular weight excluding hydrogens is 263 g/mol. The van der Waals surface area contributed by atoms with Crippen molar-refractivity contribution in [3.63, 3.8) is 0 Å². The molecule has 22 heavy (non-hydrogen) atoms. The summed E-state index contributed by atoms with van der Waals surface area (Å²) >= 11 is 0. The Morgan fingerprint density at radius 2 is 0.727 bits per heavy atom. The van der Waals surface area contributed by atoms with Crippen molar-refractivity contribution in [2.45, 2.75) is 53.9 Å². The maximum absolute atomic E-state index is 2.34. The monoisotopic (exact) mass is 297 g/mol. The van der Waals surface area contributed by atoms with E-state index in [2.05, 4.69) is 20.8 Å². The van der Waals surface area contributed by atoms with E-state index < -0.39 is 0 Å². The van der Waals surface area contributed by atoms with Crippen LogP contribution in [0.3, 0.4) is 0 Å². The highest BCUT2D eigenvalue weighted by atomic mass is 14.0. The number of hydrogen-bond acceptors (Lipinski definition) is 0. The summed E-state index contributed by atoms with van der Waals surface area (Å²) in [7, 11) is 0. The molecule has 0 heterocycles. The second-order valence-corrected chi connectivity index (χ2v) is 4.99. The van der Waals surface area contributed by atoms with Crippen LogP contribution < -0.4 is 0 Å². The Hall–Kier alpha value is -1.50. The van der Waals surface area contributed by atoms with Gasteiger partial charge in [-0.05, 0) is 5.92 Å². The van der Waals surface area contributed by atoms with Gasteiger partial charge in [-0.25, -0.2) is 0 Å². The van der Waals surface area contributed by atoms with Gasteiger partial charge in [0.05, 0.1) is 0 Å². The predicted molar refractivity (Wildman–Crippen MR) is 104 cm³/mol. The van der Waals surface area contributed by atoms with Crippen molar-refractivity contribution >= 4 is 8.41 Å². The van der Waals surface area contributed by atoms with Crippen molar-refractivity contribution in [1.82, 2.24) is 0 Å². The minimum absolute atomic E-state index is 0. The fourth-order valence-corrected chi connectivity index (χ4v) is 1.90. The molecular formula is C21H34B. The van der Waals surface area contributed by atoms with E-state index >= 15 is 0 Å². The molecule has 0 aliphatic rings. The molecule has 121 valence electrons. The minimum Gasteiger partial charge on any atom is -0.0776 e. The molecule has 0 spiro atoms. The minimum atomic E-state index is 0. The van der Waals surface area contributed by atoms with Crippen LogP contribution >= 0.6 is 0 Å². The van der Waals surface area contributed by atoms with Gasteiger partial charge in [0.2, 0.25) is 0 Å². The van der Waals surface area contributed by atoms with Crippen molar-refractivity contribution in [1.29, 1.82) is 0 Å². The van der Waals surface area contributed by atoms with Gasteiger partial charge < -0.3 is 0 Å². The van der Waals surface area contributed by atoms with Crippen molar-refractivity contribution in [2.24, 2.45) is 5.92 Å². The molecule has 0 amide bonds. The fourth-order valence-electron chi connectivity index (χ4n) is 1.90. The third-order valence-electron chi connectivity index (χ3n) is 2.90. The molecule has 2 rings (SSSR count). The standard InChI is InChI=1S/C8H18.2C6H6.CH4.B/c1-4-6-8(3)7-5-2;2*1-2-4-6-5-3-1;;/h8H,4-7H2,1-3H3;2*1-6H;1H4;. The molecule has 0 unspecified atom stereocenters. The second-order valence-electron chi connectivity index (χ2n) is 4.99. The lowest BCUT2D eigenvalue weighted by Crippen LogP contribution is -1.91. The second kappa shape index (κ2) is 21.8. The van der Waals surface area contributed by atoms with Crippen molar-refractivity contribution in [3.8, 4) is 0 Å². The molecule has 0 aliphatic heterocycles. The molecule has 0 atom stereocenters. The highest BCUT2D eigenvalue weighted by molar-refractivity contribution is 5.75. The normalized spacial score (nSPS) is 8.18. The zero-order valence-corrected chi connectivity index (χ0v) is 13.9. The Bertz CT molecular complexity index is 267. The molecule has 1 heteroatoms. The van der Waals surface area contributed by atoms with Gasteiger partial charge >= 0.3 is 0 Å². The summed E-state index contributed by atoms with van der Waals surface area (Å²) in [6.45, 7) is 6.85. The molecule has 0 saturated heterocycles. The molecule has 2 aromatic carbocycles. The zero-order chi connectivity index (χ0) is 14.9. The van der Waals surface area contributed by atoms with Crippen LogP contribution in [0.1, 0.15) is 53.9 Å². The van der Waals surface area contributed by atoms with Gasteiger partial charge in [-0.2, -0.15) is 0 Å². The lowest BCUT2D eigenvalue weighted by molar-refractivity contribution is 0.480. The Kier molecular flexibility index (Phi) is 25.2. The van der Waals surface area contributed by atoms with Crippen molar-refractivity contribution in [3.05, 3.63) is 72.8 Å². The van der Waals surface area contributed by atoms with Crippen LogP contribution in [0.15, 0.2) is 72.8 Å². The van der Waals surface area contributed by atoms with E-state index in [1.807, 2.05) is 72.8 Å². The van der Waals surface area contributed by atoms with E-state index in [1.54, 1.807) is 0 Å². The first-order valence-corrected chi connectivity index (χ1v) is 7.81. The van der Waals surface area contributed by atoms with Crippen LogP contribution in [0.4, 0.5) is 0 Å². The van der Waals surface area contributed by atoms with Gasteiger partial charge in [-0.15, -0.1) is 0 Å². The summed E-state index contributed by atoms with van der Waals surface area (Å²) in [6, 6.07) is 24.0. The van der Waals surface area contributed by atoms with Crippen molar-refractivity contribution in [2.75, 3.05) is 0 Å². The highest BCUT2D eigenvalue weighted by Crippen LogP contribution is 2.10. The van der Waals surface area contributed by atoms with E-state index in [0.29, 0.717) is 0 Å². The molecule has 0 N–H and O–H groups in total. The summed E-state index contributed by atoms with van der Waals surface area (Å²) in [5.74, 6) is 0.963. The summed E-state index contributed by atoms with van der Waals surface area (Å²) in [5, 5.41) is 0. The first-order chi connectivity index (χ1) is 9.81. The predicted octanol–water partition coefficient (Wildman–Crippen LogP) is 6.85. The third-order valence-corrected chi connectivity index (χ3v) is 2.90. The van der Waals surface area contributed by atoms with Gasteiger partial charge in [-0.1, -0.05) is 127 Å². The number of hydrogen-bond donors (Lipinski definition) is 0. The lowest BCUT2D eigenvalue weighted by Gasteiger charge is -2.05. The first kappa shape index (κ1) is 25.5. The summed E-state index contributed by atoms with van der Waals surface area (Å²) in [5.41, 5.74) is 0. The number of benzene rings is 2. The first-order valence-electron chi connectivity index (χ1n) is 7.81. The van der Waals surface area contributed by atoms with Gasteiger partial charge in [0, 0.05) is 8.41 Å². The Morgan fingerprint density at radius 3 is 0.864 bits per heavy atom. The van der Waals surface area contributed by atoms with E-state index in [1.165, 1.54) is 25.7 Å². The van der Waals surface area contributed by atoms with Crippen LogP contribution in [0.5, 0.6) is 0 Å². The molecule has 0 fully saturated rings. The van der Waals surface area contributed by atoms with Gasteiger partial charge in [-0.3, -0.25) is 0 Å².